The average Bonchev–Trinajstić information content (AvgIpc) is 2.49. The van der Waals surface area contributed by atoms with E-state index in [-0.39, 0.29) is 0 Å². The number of hydrogen-bond donors (Lipinski definition) is 1. The van der Waals surface area contributed by atoms with Crippen LogP contribution in [-0.4, -0.2) is 6.54 Å². The van der Waals surface area contributed by atoms with E-state index in [1.54, 1.807) is 6.07 Å². The molecule has 3 aromatic rings. The highest BCUT2D eigenvalue weighted by Crippen LogP contribution is 2.22. The molecule has 0 atom stereocenters. The first-order chi connectivity index (χ1) is 11.0. The monoisotopic (exact) mass is 365 g/mol. The van der Waals surface area contributed by atoms with Gasteiger partial charge in [0.25, 0.3) is 5.82 Å². The molecule has 3 rings (SSSR count). The summed E-state index contributed by atoms with van der Waals surface area (Å²) in [5, 5.41) is 6.64. The lowest BCUT2D eigenvalue weighted by Crippen LogP contribution is -2.16. The van der Waals surface area contributed by atoms with Crippen molar-refractivity contribution in [1.82, 2.24) is 0 Å². The number of benzene rings is 2. The van der Waals surface area contributed by atoms with E-state index < -0.39 is 0 Å². The van der Waals surface area contributed by atoms with Crippen LogP contribution in [-0.2, 0) is 6.42 Å². The summed E-state index contributed by atoms with van der Waals surface area (Å²) in [7, 11) is 0. The Balaban J connectivity index is 1.74. The summed E-state index contributed by atoms with van der Waals surface area (Å²) in [6, 6.07) is 13.6. The standard InChI is InChI=1S/C18H15Cl3N2/c1-11-8-18(23-17-10-14(20)4-5-15(11)17)22-7-6-12-2-3-13(19)9-16(12)21/h2-5,8-10H,6-7H2,1H3,(H,22,23)/p+1. The molecule has 0 aliphatic carbocycles. The largest absolute Gasteiger partial charge is 0.274 e. The van der Waals surface area contributed by atoms with Crippen molar-refractivity contribution in [3.05, 3.63) is 68.7 Å². The first kappa shape index (κ1) is 16.4. The Bertz CT molecular complexity index is 862. The lowest BCUT2D eigenvalue weighted by atomic mass is 10.1. The summed E-state index contributed by atoms with van der Waals surface area (Å²) < 4.78 is 0. The van der Waals surface area contributed by atoms with Crippen molar-refractivity contribution in [3.63, 3.8) is 0 Å². The number of halogens is 3. The number of pyridine rings is 1. The second-order valence-corrected chi connectivity index (χ2v) is 6.75. The molecule has 1 heterocycles. The Labute approximate surface area is 150 Å². The van der Waals surface area contributed by atoms with Gasteiger partial charge >= 0.3 is 0 Å². The molecule has 0 unspecified atom stereocenters. The van der Waals surface area contributed by atoms with E-state index >= 15 is 0 Å². The van der Waals surface area contributed by atoms with E-state index in [0.717, 1.165) is 34.9 Å². The van der Waals surface area contributed by atoms with Crippen LogP contribution >= 0.6 is 34.8 Å². The number of fused-ring (bicyclic) bond motifs is 1. The maximum Gasteiger partial charge on any atom is 0.272 e. The Morgan fingerprint density at radius 2 is 1.70 bits per heavy atom. The van der Waals surface area contributed by atoms with E-state index in [1.807, 2.05) is 30.3 Å². The molecule has 0 saturated carbocycles. The van der Waals surface area contributed by atoms with Crippen LogP contribution in [0.15, 0.2) is 42.5 Å². The van der Waals surface area contributed by atoms with Crippen molar-refractivity contribution < 1.29 is 4.98 Å². The summed E-state index contributed by atoms with van der Waals surface area (Å²) in [6.07, 6.45) is 0.816. The number of aromatic amines is 1. The van der Waals surface area contributed by atoms with Crippen LogP contribution < -0.4 is 10.3 Å². The summed E-state index contributed by atoms with van der Waals surface area (Å²) in [6.45, 7) is 2.86. The van der Waals surface area contributed by atoms with Crippen LogP contribution in [0.25, 0.3) is 10.9 Å². The Kier molecular flexibility index (Phi) is 4.96. The smallest absolute Gasteiger partial charge is 0.272 e. The van der Waals surface area contributed by atoms with Gasteiger partial charge in [-0.25, -0.2) is 4.98 Å². The van der Waals surface area contributed by atoms with Gasteiger partial charge in [-0.15, -0.1) is 0 Å². The van der Waals surface area contributed by atoms with Crippen molar-refractivity contribution in [2.45, 2.75) is 13.3 Å². The minimum Gasteiger partial charge on any atom is -0.274 e. The van der Waals surface area contributed by atoms with Crippen LogP contribution in [0, 0.1) is 6.92 Å². The van der Waals surface area contributed by atoms with Crippen molar-refractivity contribution >= 4 is 51.5 Å². The third-order valence-electron chi connectivity index (χ3n) is 3.76. The molecule has 0 radical (unpaired) electrons. The average molecular weight is 367 g/mol. The van der Waals surface area contributed by atoms with Crippen molar-refractivity contribution in [2.75, 3.05) is 11.9 Å². The molecule has 0 amide bonds. The van der Waals surface area contributed by atoms with Gasteiger partial charge in [-0.3, -0.25) is 5.32 Å². The molecule has 1 aromatic heterocycles. The number of aryl methyl sites for hydroxylation is 1. The Morgan fingerprint density at radius 3 is 2.48 bits per heavy atom. The maximum absolute atomic E-state index is 6.20. The molecular weight excluding hydrogens is 351 g/mol. The number of nitrogens with one attached hydrogen (secondary N) is 2. The summed E-state index contributed by atoms with van der Waals surface area (Å²) >= 11 is 18.2. The zero-order chi connectivity index (χ0) is 16.4. The molecule has 0 aliphatic rings. The van der Waals surface area contributed by atoms with Crippen LogP contribution in [0.1, 0.15) is 11.1 Å². The Hall–Kier alpha value is -1.48. The lowest BCUT2D eigenvalue weighted by molar-refractivity contribution is -0.327. The third kappa shape index (κ3) is 3.89. The van der Waals surface area contributed by atoms with Gasteiger partial charge in [0, 0.05) is 39.0 Å². The van der Waals surface area contributed by atoms with Crippen LogP contribution in [0.4, 0.5) is 5.82 Å². The SMILES string of the molecule is Cc1cc(NCCc2ccc(Cl)cc2Cl)[nH+]c2cc(Cl)ccc12. The van der Waals surface area contributed by atoms with Gasteiger partial charge in [-0.05, 0) is 42.3 Å². The zero-order valence-electron chi connectivity index (χ0n) is 12.6. The molecule has 0 spiro atoms. The number of hydrogen-bond acceptors (Lipinski definition) is 1. The molecule has 0 aliphatic heterocycles. The minimum atomic E-state index is 0.655. The zero-order valence-corrected chi connectivity index (χ0v) is 14.9. The summed E-state index contributed by atoms with van der Waals surface area (Å²) in [5.74, 6) is 0.961. The number of aromatic nitrogens is 1. The maximum atomic E-state index is 6.20. The van der Waals surface area contributed by atoms with Crippen molar-refractivity contribution in [1.29, 1.82) is 0 Å². The van der Waals surface area contributed by atoms with Crippen LogP contribution in [0.3, 0.4) is 0 Å². The van der Waals surface area contributed by atoms with Crippen LogP contribution in [0.5, 0.6) is 0 Å². The summed E-state index contributed by atoms with van der Waals surface area (Å²) in [5.41, 5.74) is 3.29. The van der Waals surface area contributed by atoms with E-state index in [0.29, 0.717) is 10.0 Å². The predicted molar refractivity (Wildman–Crippen MR) is 98.9 cm³/mol. The van der Waals surface area contributed by atoms with Gasteiger partial charge < -0.3 is 0 Å². The highest BCUT2D eigenvalue weighted by molar-refractivity contribution is 6.35. The van der Waals surface area contributed by atoms with E-state index in [2.05, 4.69) is 23.3 Å². The molecule has 0 saturated heterocycles. The fourth-order valence-corrected chi connectivity index (χ4v) is 3.27. The number of H-pyrrole nitrogens is 1. The highest BCUT2D eigenvalue weighted by atomic mass is 35.5. The normalized spacial score (nSPS) is 11.0. The molecule has 23 heavy (non-hydrogen) atoms. The topological polar surface area (TPSA) is 26.2 Å². The third-order valence-corrected chi connectivity index (χ3v) is 4.58. The molecule has 2 N–H and O–H groups in total. The molecule has 2 aromatic carbocycles. The molecule has 0 bridgehead atoms. The molecule has 5 heteroatoms. The Morgan fingerprint density at radius 1 is 0.957 bits per heavy atom. The summed E-state index contributed by atoms with van der Waals surface area (Å²) in [4.78, 5) is 3.37. The predicted octanol–water partition coefficient (Wildman–Crippen LogP) is 5.58. The van der Waals surface area contributed by atoms with Gasteiger partial charge in [0.15, 0.2) is 0 Å². The van der Waals surface area contributed by atoms with Gasteiger partial charge in [-0.1, -0.05) is 40.9 Å². The van der Waals surface area contributed by atoms with Gasteiger partial charge in [0.1, 0.15) is 5.52 Å². The minimum absolute atomic E-state index is 0.655. The van der Waals surface area contributed by atoms with Gasteiger partial charge in [0.2, 0.25) is 0 Å². The second kappa shape index (κ2) is 6.96. The molecular formula is C18H16Cl3N2+. The van der Waals surface area contributed by atoms with Crippen molar-refractivity contribution in [3.8, 4) is 0 Å². The van der Waals surface area contributed by atoms with E-state index in [1.165, 1.54) is 10.9 Å². The second-order valence-electron chi connectivity index (χ2n) is 5.47. The molecule has 118 valence electrons. The number of anilines is 1. The lowest BCUT2D eigenvalue weighted by Gasteiger charge is -2.06. The van der Waals surface area contributed by atoms with Gasteiger partial charge in [0.05, 0.1) is 6.54 Å². The fourth-order valence-electron chi connectivity index (χ4n) is 2.59. The van der Waals surface area contributed by atoms with Crippen LogP contribution in [0.2, 0.25) is 15.1 Å². The highest BCUT2D eigenvalue weighted by Gasteiger charge is 2.09. The quantitative estimate of drug-likeness (QED) is 0.641. The van der Waals surface area contributed by atoms with E-state index in [4.69, 9.17) is 34.8 Å². The fraction of sp³-hybridized carbons (Fsp3) is 0.167. The first-order valence-electron chi connectivity index (χ1n) is 7.33. The molecule has 0 fully saturated rings. The van der Waals surface area contributed by atoms with Crippen molar-refractivity contribution in [2.24, 2.45) is 0 Å². The van der Waals surface area contributed by atoms with E-state index in [9.17, 15) is 0 Å². The first-order valence-corrected chi connectivity index (χ1v) is 8.46. The number of rotatable bonds is 4. The van der Waals surface area contributed by atoms with Gasteiger partial charge in [-0.2, -0.15) is 0 Å². The molecule has 2 nitrogen and oxygen atoms in total.